The fraction of sp³-hybridized carbons (Fsp3) is 0.238. The zero-order valence-electron chi connectivity index (χ0n) is 16.9. The molecule has 0 fully saturated rings. The Balaban J connectivity index is 1.99. The number of unbranched alkanes of at least 4 members (excludes halogenated alkanes) is 1. The quantitative estimate of drug-likeness (QED) is 0.448. The van der Waals surface area contributed by atoms with E-state index in [-0.39, 0.29) is 17.5 Å². The summed E-state index contributed by atoms with van der Waals surface area (Å²) in [5, 5.41) is 4.91. The number of ether oxygens (including phenoxy) is 2. The predicted octanol–water partition coefficient (Wildman–Crippen LogP) is 3.20. The number of carbonyl (C=O) groups excluding carboxylic acids is 4. The molecule has 2 aromatic carbocycles. The summed E-state index contributed by atoms with van der Waals surface area (Å²) in [7, 11) is 0. The molecule has 0 aromatic heterocycles. The van der Waals surface area contributed by atoms with Crippen molar-refractivity contribution in [2.45, 2.75) is 32.5 Å². The summed E-state index contributed by atoms with van der Waals surface area (Å²) < 4.78 is 10.4. The third kappa shape index (κ3) is 7.69. The van der Waals surface area contributed by atoms with E-state index >= 15 is 0 Å². The van der Waals surface area contributed by atoms with E-state index in [1.807, 2.05) is 6.92 Å². The topological polar surface area (TPSA) is 163 Å². The van der Waals surface area contributed by atoms with Gasteiger partial charge in [0.15, 0.2) is 0 Å². The Morgan fingerprint density at radius 1 is 0.839 bits per heavy atom. The third-order valence-electron chi connectivity index (χ3n) is 4.06. The van der Waals surface area contributed by atoms with Crippen LogP contribution in [0.2, 0.25) is 0 Å². The van der Waals surface area contributed by atoms with Crippen molar-refractivity contribution in [1.29, 1.82) is 0 Å². The molecular weight excluding hydrogens is 404 g/mol. The van der Waals surface area contributed by atoms with Crippen molar-refractivity contribution in [3.63, 3.8) is 0 Å². The molecule has 10 heteroatoms. The minimum absolute atomic E-state index is 0.217. The van der Waals surface area contributed by atoms with Crippen LogP contribution in [0.5, 0.6) is 0 Å². The van der Waals surface area contributed by atoms with Crippen molar-refractivity contribution < 1.29 is 28.7 Å². The number of amides is 4. The Morgan fingerprint density at radius 2 is 1.29 bits per heavy atom. The molecule has 0 spiro atoms. The first-order valence-electron chi connectivity index (χ1n) is 9.53. The second-order valence-corrected chi connectivity index (χ2v) is 6.52. The van der Waals surface area contributed by atoms with Crippen molar-refractivity contribution in [1.82, 2.24) is 0 Å². The van der Waals surface area contributed by atoms with Crippen LogP contribution in [0, 0.1) is 0 Å². The van der Waals surface area contributed by atoms with Gasteiger partial charge in [-0.05, 0) is 42.8 Å². The van der Waals surface area contributed by atoms with Crippen molar-refractivity contribution >= 4 is 35.4 Å². The molecule has 4 amide bonds. The van der Waals surface area contributed by atoms with Gasteiger partial charge in [0.1, 0.15) is 0 Å². The molecule has 0 aliphatic rings. The molecular formula is C21H24N4O6. The molecule has 0 heterocycles. The van der Waals surface area contributed by atoms with E-state index in [9.17, 15) is 19.2 Å². The average molecular weight is 428 g/mol. The highest BCUT2D eigenvalue weighted by Crippen LogP contribution is 2.15. The Bertz CT molecular complexity index is 889. The van der Waals surface area contributed by atoms with Gasteiger partial charge in [-0.15, -0.1) is 0 Å². The molecule has 0 saturated carbocycles. The molecule has 31 heavy (non-hydrogen) atoms. The molecule has 0 atom stereocenters. The van der Waals surface area contributed by atoms with E-state index in [0.29, 0.717) is 17.8 Å². The molecule has 164 valence electrons. The van der Waals surface area contributed by atoms with Crippen molar-refractivity contribution in [2.75, 3.05) is 10.6 Å². The molecule has 0 bridgehead atoms. The lowest BCUT2D eigenvalue weighted by molar-refractivity contribution is -0.0573. The van der Waals surface area contributed by atoms with Gasteiger partial charge in [0, 0.05) is 28.9 Å². The van der Waals surface area contributed by atoms with Gasteiger partial charge >= 0.3 is 12.2 Å². The fourth-order valence-corrected chi connectivity index (χ4v) is 2.55. The zero-order valence-corrected chi connectivity index (χ0v) is 16.9. The van der Waals surface area contributed by atoms with Gasteiger partial charge in [0.25, 0.3) is 6.29 Å². The van der Waals surface area contributed by atoms with Gasteiger partial charge in [-0.25, -0.2) is 9.59 Å². The van der Waals surface area contributed by atoms with Gasteiger partial charge in [-0.3, -0.25) is 20.2 Å². The monoisotopic (exact) mass is 428 g/mol. The summed E-state index contributed by atoms with van der Waals surface area (Å²) in [5.41, 5.74) is 11.5. The highest BCUT2D eigenvalue weighted by atomic mass is 16.7. The second kappa shape index (κ2) is 11.2. The number of nitrogens with two attached hydrogens (primary N) is 2. The number of hydrogen-bond acceptors (Lipinski definition) is 6. The van der Waals surface area contributed by atoms with Crippen LogP contribution < -0.4 is 22.1 Å². The standard InChI is InChI=1S/C21H24N4O6/c1-2-3-10-17(30-20(28)24-15-8-4-6-13(11-15)18(22)26)31-21(29)25-16-9-5-7-14(12-16)19(23)27/h4-9,11-12,17H,2-3,10H2,1H3,(H2,22,26)(H2,23,27)(H,24,28)(H,25,29). The van der Waals surface area contributed by atoms with E-state index in [1.165, 1.54) is 24.3 Å². The van der Waals surface area contributed by atoms with Gasteiger partial charge < -0.3 is 20.9 Å². The van der Waals surface area contributed by atoms with Crippen LogP contribution in [0.3, 0.4) is 0 Å². The van der Waals surface area contributed by atoms with E-state index in [0.717, 1.165) is 6.42 Å². The number of benzene rings is 2. The molecule has 2 aromatic rings. The summed E-state index contributed by atoms with van der Waals surface area (Å²) in [6, 6.07) is 12.0. The molecule has 0 radical (unpaired) electrons. The normalized spacial score (nSPS) is 10.3. The maximum absolute atomic E-state index is 12.2. The maximum atomic E-state index is 12.2. The van der Waals surface area contributed by atoms with Crippen molar-refractivity contribution in [3.05, 3.63) is 59.7 Å². The fourth-order valence-electron chi connectivity index (χ4n) is 2.55. The summed E-state index contributed by atoms with van der Waals surface area (Å²) in [4.78, 5) is 46.9. The SMILES string of the molecule is CCCCC(OC(=O)Nc1cccc(C(N)=O)c1)OC(=O)Nc1cccc(C(N)=O)c1. The first-order chi connectivity index (χ1) is 14.8. The van der Waals surface area contributed by atoms with Gasteiger partial charge in [-0.2, -0.15) is 0 Å². The Kier molecular flexibility index (Phi) is 8.38. The van der Waals surface area contributed by atoms with E-state index in [1.54, 1.807) is 24.3 Å². The number of hydrogen-bond donors (Lipinski definition) is 4. The molecule has 0 aliphatic heterocycles. The number of primary amides is 2. The largest absolute Gasteiger partial charge is 0.414 e. The average Bonchev–Trinajstić information content (AvgIpc) is 2.72. The molecule has 2 rings (SSSR count). The Morgan fingerprint density at radius 3 is 1.68 bits per heavy atom. The van der Waals surface area contributed by atoms with Crippen LogP contribution in [0.15, 0.2) is 48.5 Å². The van der Waals surface area contributed by atoms with Crippen LogP contribution >= 0.6 is 0 Å². The van der Waals surface area contributed by atoms with Gasteiger partial charge in [-0.1, -0.05) is 25.5 Å². The van der Waals surface area contributed by atoms with Gasteiger partial charge in [0.2, 0.25) is 11.8 Å². The predicted molar refractivity (Wildman–Crippen MR) is 113 cm³/mol. The highest BCUT2D eigenvalue weighted by Gasteiger charge is 2.19. The summed E-state index contributed by atoms with van der Waals surface area (Å²) in [6.07, 6.45) is -1.19. The summed E-state index contributed by atoms with van der Waals surface area (Å²) >= 11 is 0. The van der Waals surface area contributed by atoms with Gasteiger partial charge in [0.05, 0.1) is 0 Å². The van der Waals surface area contributed by atoms with Crippen LogP contribution in [0.4, 0.5) is 21.0 Å². The van der Waals surface area contributed by atoms with Crippen LogP contribution in [0.25, 0.3) is 0 Å². The first kappa shape index (κ1) is 23.2. The molecule has 0 saturated heterocycles. The number of anilines is 2. The van der Waals surface area contributed by atoms with Crippen molar-refractivity contribution in [2.24, 2.45) is 11.5 Å². The molecule has 6 N–H and O–H groups in total. The van der Waals surface area contributed by atoms with Crippen molar-refractivity contribution in [3.8, 4) is 0 Å². The van der Waals surface area contributed by atoms with Crippen LogP contribution in [-0.2, 0) is 9.47 Å². The highest BCUT2D eigenvalue weighted by molar-refractivity contribution is 5.96. The first-order valence-corrected chi connectivity index (χ1v) is 9.53. The molecule has 10 nitrogen and oxygen atoms in total. The minimum atomic E-state index is -1.15. The lowest BCUT2D eigenvalue weighted by Crippen LogP contribution is -2.29. The number of nitrogens with one attached hydrogen (secondary N) is 2. The van der Waals surface area contributed by atoms with E-state index < -0.39 is 30.3 Å². The lowest BCUT2D eigenvalue weighted by atomic mass is 10.2. The van der Waals surface area contributed by atoms with E-state index in [2.05, 4.69) is 10.6 Å². The zero-order chi connectivity index (χ0) is 22.8. The molecule has 0 aliphatic carbocycles. The van der Waals surface area contributed by atoms with E-state index in [4.69, 9.17) is 20.9 Å². The Labute approximate surface area is 178 Å². The minimum Gasteiger partial charge on any atom is -0.409 e. The Hall–Kier alpha value is -4.08. The summed E-state index contributed by atoms with van der Waals surface area (Å²) in [6.45, 7) is 1.93. The molecule has 0 unspecified atom stereocenters. The number of rotatable bonds is 9. The smallest absolute Gasteiger partial charge is 0.409 e. The maximum Gasteiger partial charge on any atom is 0.414 e. The number of carbonyl (C=O) groups is 4. The van der Waals surface area contributed by atoms with Crippen LogP contribution in [0.1, 0.15) is 46.9 Å². The lowest BCUT2D eigenvalue weighted by Gasteiger charge is -2.19. The third-order valence-corrected chi connectivity index (χ3v) is 4.06. The second-order valence-electron chi connectivity index (χ2n) is 6.52. The van der Waals surface area contributed by atoms with Crippen LogP contribution in [-0.4, -0.2) is 30.3 Å². The summed E-state index contributed by atoms with van der Waals surface area (Å²) in [5.74, 6) is -1.28.